The number of amides is 1. The minimum absolute atomic E-state index is 0.295. The summed E-state index contributed by atoms with van der Waals surface area (Å²) in [5, 5.41) is 8.13. The molecule has 2 aromatic heterocycles. The summed E-state index contributed by atoms with van der Waals surface area (Å²) < 4.78 is 7.08. The SMILES string of the molecule is O=C(Nc1cccc(-c2cnco2)c1)c1cc(-c2ccccc2)n(-c2ccc(Cl)cc2)n1. The van der Waals surface area contributed by atoms with Gasteiger partial charge in [0.15, 0.2) is 17.8 Å². The highest BCUT2D eigenvalue weighted by Gasteiger charge is 2.17. The molecule has 0 fully saturated rings. The second-order valence-electron chi connectivity index (χ2n) is 7.07. The number of nitrogens with one attached hydrogen (secondary N) is 1. The highest BCUT2D eigenvalue weighted by molar-refractivity contribution is 6.30. The lowest BCUT2D eigenvalue weighted by molar-refractivity contribution is 0.102. The van der Waals surface area contributed by atoms with Crippen LogP contribution in [-0.2, 0) is 0 Å². The molecule has 1 N–H and O–H groups in total. The zero-order valence-corrected chi connectivity index (χ0v) is 17.5. The third-order valence-electron chi connectivity index (χ3n) is 4.92. The number of aromatic nitrogens is 3. The molecule has 0 spiro atoms. The van der Waals surface area contributed by atoms with E-state index in [2.05, 4.69) is 15.4 Å². The number of benzene rings is 3. The van der Waals surface area contributed by atoms with Crippen LogP contribution in [0.5, 0.6) is 0 Å². The van der Waals surface area contributed by atoms with E-state index in [9.17, 15) is 4.79 Å². The standard InChI is InChI=1S/C25H17ClN4O2/c26-19-9-11-21(12-10-19)30-23(17-5-2-1-3-6-17)14-22(29-30)25(31)28-20-8-4-7-18(13-20)24-15-27-16-32-24/h1-16H,(H,28,31). The van der Waals surface area contributed by atoms with Gasteiger partial charge in [-0.3, -0.25) is 4.79 Å². The molecule has 0 radical (unpaired) electrons. The van der Waals surface area contributed by atoms with Crippen LogP contribution in [0.25, 0.3) is 28.3 Å². The van der Waals surface area contributed by atoms with Crippen LogP contribution in [0.1, 0.15) is 10.5 Å². The maximum atomic E-state index is 13.1. The fourth-order valence-electron chi connectivity index (χ4n) is 3.39. The van der Waals surface area contributed by atoms with Crippen LogP contribution in [0.4, 0.5) is 5.69 Å². The lowest BCUT2D eigenvalue weighted by Crippen LogP contribution is -2.13. The molecular formula is C25H17ClN4O2. The number of anilines is 1. The minimum atomic E-state index is -0.315. The molecule has 3 aromatic carbocycles. The van der Waals surface area contributed by atoms with Crippen LogP contribution < -0.4 is 5.32 Å². The first-order valence-corrected chi connectivity index (χ1v) is 10.3. The molecule has 5 rings (SSSR count). The number of halogens is 1. The Morgan fingerprint density at radius 3 is 2.44 bits per heavy atom. The molecule has 156 valence electrons. The second kappa shape index (κ2) is 8.53. The number of carbonyl (C=O) groups excluding carboxylic acids is 1. The maximum Gasteiger partial charge on any atom is 0.276 e. The van der Waals surface area contributed by atoms with Gasteiger partial charge in [0.05, 0.1) is 17.6 Å². The monoisotopic (exact) mass is 440 g/mol. The largest absolute Gasteiger partial charge is 0.444 e. The lowest BCUT2D eigenvalue weighted by atomic mass is 10.1. The van der Waals surface area contributed by atoms with Crippen molar-refractivity contribution < 1.29 is 9.21 Å². The van der Waals surface area contributed by atoms with Crippen molar-refractivity contribution in [2.75, 3.05) is 5.32 Å². The van der Waals surface area contributed by atoms with E-state index in [4.69, 9.17) is 16.0 Å². The summed E-state index contributed by atoms with van der Waals surface area (Å²) in [5.74, 6) is 0.309. The first kappa shape index (κ1) is 19.8. The minimum Gasteiger partial charge on any atom is -0.444 e. The molecule has 1 amide bonds. The quantitative estimate of drug-likeness (QED) is 0.358. The summed E-state index contributed by atoms with van der Waals surface area (Å²) in [6, 6.07) is 26.3. The summed E-state index contributed by atoms with van der Waals surface area (Å²) in [6.07, 6.45) is 3.00. The Balaban J connectivity index is 1.49. The van der Waals surface area contributed by atoms with Crippen LogP contribution in [0.2, 0.25) is 5.02 Å². The lowest BCUT2D eigenvalue weighted by Gasteiger charge is -2.07. The van der Waals surface area contributed by atoms with Crippen LogP contribution >= 0.6 is 11.6 Å². The molecule has 5 aromatic rings. The molecule has 6 nitrogen and oxygen atoms in total. The van der Waals surface area contributed by atoms with Crippen molar-refractivity contribution in [3.63, 3.8) is 0 Å². The summed E-state index contributed by atoms with van der Waals surface area (Å²) in [6.45, 7) is 0. The molecule has 7 heteroatoms. The average Bonchev–Trinajstić information content (AvgIpc) is 3.51. The van der Waals surface area contributed by atoms with Gasteiger partial charge in [-0.1, -0.05) is 54.1 Å². The zero-order chi connectivity index (χ0) is 21.9. The maximum absolute atomic E-state index is 13.1. The third kappa shape index (κ3) is 4.04. The van der Waals surface area contributed by atoms with Gasteiger partial charge >= 0.3 is 0 Å². The summed E-state index contributed by atoms with van der Waals surface area (Å²) in [5.41, 5.74) is 4.29. The van der Waals surface area contributed by atoms with Gasteiger partial charge in [0.25, 0.3) is 5.91 Å². The van der Waals surface area contributed by atoms with Crippen molar-refractivity contribution in [1.29, 1.82) is 0 Å². The predicted octanol–water partition coefficient (Wildman–Crippen LogP) is 6.10. The van der Waals surface area contributed by atoms with E-state index in [0.717, 1.165) is 22.5 Å². The van der Waals surface area contributed by atoms with E-state index in [1.54, 1.807) is 29.1 Å². The second-order valence-corrected chi connectivity index (χ2v) is 7.51. The van der Waals surface area contributed by atoms with E-state index < -0.39 is 0 Å². The van der Waals surface area contributed by atoms with Crippen LogP contribution in [0, 0.1) is 0 Å². The van der Waals surface area contributed by atoms with E-state index in [-0.39, 0.29) is 5.91 Å². The molecule has 0 aliphatic heterocycles. The smallest absolute Gasteiger partial charge is 0.276 e. The van der Waals surface area contributed by atoms with Crippen molar-refractivity contribution in [3.05, 3.63) is 108 Å². The van der Waals surface area contributed by atoms with Gasteiger partial charge < -0.3 is 9.73 Å². The van der Waals surface area contributed by atoms with Crippen molar-refractivity contribution in [1.82, 2.24) is 14.8 Å². The molecule has 0 saturated heterocycles. The Hall–Kier alpha value is -4.16. The van der Waals surface area contributed by atoms with Gasteiger partial charge in [-0.25, -0.2) is 9.67 Å². The fraction of sp³-hybridized carbons (Fsp3) is 0. The zero-order valence-electron chi connectivity index (χ0n) is 16.8. The molecular weight excluding hydrogens is 424 g/mol. The fourth-order valence-corrected chi connectivity index (χ4v) is 3.52. The van der Waals surface area contributed by atoms with Crippen LogP contribution in [0.3, 0.4) is 0 Å². The van der Waals surface area contributed by atoms with Gasteiger partial charge in [-0.2, -0.15) is 5.10 Å². The van der Waals surface area contributed by atoms with Gasteiger partial charge in [-0.15, -0.1) is 0 Å². The van der Waals surface area contributed by atoms with Gasteiger partial charge in [0.2, 0.25) is 0 Å². The highest BCUT2D eigenvalue weighted by Crippen LogP contribution is 2.26. The van der Waals surface area contributed by atoms with Crippen LogP contribution in [-0.4, -0.2) is 20.7 Å². The summed E-state index contributed by atoms with van der Waals surface area (Å²) in [7, 11) is 0. The predicted molar refractivity (Wildman–Crippen MR) is 124 cm³/mol. The van der Waals surface area contributed by atoms with Crippen molar-refractivity contribution in [2.45, 2.75) is 0 Å². The molecule has 0 atom stereocenters. The van der Waals surface area contributed by atoms with E-state index in [0.29, 0.717) is 22.2 Å². The Morgan fingerprint density at radius 1 is 0.906 bits per heavy atom. The molecule has 0 bridgehead atoms. The Labute approximate surface area is 189 Å². The number of hydrogen-bond donors (Lipinski definition) is 1. The van der Waals surface area contributed by atoms with Gasteiger partial charge in [0.1, 0.15) is 0 Å². The number of rotatable bonds is 5. The Kier molecular flexibility index (Phi) is 5.27. The Morgan fingerprint density at radius 2 is 1.69 bits per heavy atom. The molecule has 0 unspecified atom stereocenters. The molecule has 32 heavy (non-hydrogen) atoms. The number of nitrogens with zero attached hydrogens (tertiary/aromatic N) is 3. The summed E-state index contributed by atoms with van der Waals surface area (Å²) in [4.78, 5) is 17.0. The summed E-state index contributed by atoms with van der Waals surface area (Å²) >= 11 is 6.05. The topological polar surface area (TPSA) is 73.0 Å². The van der Waals surface area contributed by atoms with E-state index >= 15 is 0 Å². The van der Waals surface area contributed by atoms with Crippen LogP contribution in [0.15, 0.2) is 102 Å². The van der Waals surface area contributed by atoms with Crippen molar-refractivity contribution in [2.24, 2.45) is 0 Å². The molecule has 2 heterocycles. The molecule has 0 saturated carbocycles. The number of carbonyl (C=O) groups is 1. The van der Waals surface area contributed by atoms with E-state index in [1.807, 2.05) is 66.7 Å². The number of hydrogen-bond acceptors (Lipinski definition) is 4. The first-order valence-electron chi connectivity index (χ1n) is 9.89. The average molecular weight is 441 g/mol. The van der Waals surface area contributed by atoms with Gasteiger partial charge in [-0.05, 0) is 42.5 Å². The molecule has 0 aliphatic carbocycles. The molecule has 0 aliphatic rings. The van der Waals surface area contributed by atoms with E-state index in [1.165, 1.54) is 6.39 Å². The normalized spacial score (nSPS) is 10.8. The first-order chi connectivity index (χ1) is 15.7. The third-order valence-corrected chi connectivity index (χ3v) is 5.17. The Bertz CT molecular complexity index is 1360. The van der Waals surface area contributed by atoms with Crippen molar-refractivity contribution >= 4 is 23.2 Å². The highest BCUT2D eigenvalue weighted by atomic mass is 35.5. The number of oxazole rings is 1. The van der Waals surface area contributed by atoms with Gasteiger partial charge in [0, 0.05) is 21.8 Å². The van der Waals surface area contributed by atoms with Crippen molar-refractivity contribution in [3.8, 4) is 28.3 Å².